The van der Waals surface area contributed by atoms with E-state index >= 15 is 0 Å². The number of anilines is 1. The highest BCUT2D eigenvalue weighted by Gasteiger charge is 2.29. The van der Waals surface area contributed by atoms with Crippen molar-refractivity contribution in [3.63, 3.8) is 0 Å². The summed E-state index contributed by atoms with van der Waals surface area (Å²) in [6, 6.07) is 5.87. The fraction of sp³-hybridized carbons (Fsp3) is 0.480. The second kappa shape index (κ2) is 9.82. The van der Waals surface area contributed by atoms with Gasteiger partial charge in [0.25, 0.3) is 0 Å². The number of carbonyl (C=O) groups is 1. The second-order valence-corrected chi connectivity index (χ2v) is 11.7. The highest BCUT2D eigenvalue weighted by molar-refractivity contribution is 7.88. The first-order chi connectivity index (χ1) is 17.6. The van der Waals surface area contributed by atoms with Crippen molar-refractivity contribution in [1.82, 2.24) is 24.2 Å². The summed E-state index contributed by atoms with van der Waals surface area (Å²) in [6.07, 6.45) is 5.11. The van der Waals surface area contributed by atoms with Gasteiger partial charge in [-0.1, -0.05) is 6.07 Å². The lowest BCUT2D eigenvalue weighted by atomic mass is 10.0. The number of benzene rings is 1. The van der Waals surface area contributed by atoms with Crippen LogP contribution in [0.4, 0.5) is 5.69 Å². The molecule has 0 bridgehead atoms. The number of aryl methyl sites for hydroxylation is 1. The largest absolute Gasteiger partial charge is 0.495 e. The van der Waals surface area contributed by atoms with Crippen LogP contribution in [0.25, 0.3) is 16.8 Å². The van der Waals surface area contributed by atoms with Crippen LogP contribution in [0.1, 0.15) is 18.9 Å². The third-order valence-electron chi connectivity index (χ3n) is 7.14. The van der Waals surface area contributed by atoms with E-state index in [0.717, 1.165) is 22.3 Å². The molecule has 2 atom stereocenters. The van der Waals surface area contributed by atoms with Crippen molar-refractivity contribution in [2.75, 3.05) is 51.0 Å². The number of nitrogens with one attached hydrogen (secondary N) is 1. The van der Waals surface area contributed by atoms with Crippen LogP contribution in [0.2, 0.25) is 0 Å². The van der Waals surface area contributed by atoms with Crippen LogP contribution < -0.4 is 19.7 Å². The number of hydrogen-bond donors (Lipinski definition) is 1. The van der Waals surface area contributed by atoms with E-state index in [1.807, 2.05) is 38.2 Å². The summed E-state index contributed by atoms with van der Waals surface area (Å²) in [5.41, 5.74) is 4.15. The Labute approximate surface area is 216 Å². The lowest BCUT2D eigenvalue weighted by molar-refractivity contribution is -0.119. The summed E-state index contributed by atoms with van der Waals surface area (Å²) >= 11 is 0. The number of ether oxygens (including phenoxy) is 2. The molecular weight excluding hydrogens is 496 g/mol. The fourth-order valence-electron chi connectivity index (χ4n) is 4.93. The fourth-order valence-corrected chi connectivity index (χ4v) is 5.76. The van der Waals surface area contributed by atoms with Crippen LogP contribution in [0.15, 0.2) is 30.6 Å². The maximum absolute atomic E-state index is 11.9. The standard InChI is InChI=1S/C25H32N6O5S/c1-16-13-27-31-15-20(28-25(24(16)31)36-17(2)19-12-23(32)26-14-19)18-5-6-21(22(11-18)35-3)29-7-9-30(10-8-29)37(4,33)34/h5-6,11,13,15,17,19H,7-10,12,14H2,1-4H3,(H,26,32)/t17?,19-/m1/s1. The molecule has 37 heavy (non-hydrogen) atoms. The first kappa shape index (κ1) is 25.3. The number of amides is 1. The van der Waals surface area contributed by atoms with Gasteiger partial charge in [0.2, 0.25) is 21.8 Å². The second-order valence-electron chi connectivity index (χ2n) is 9.68. The molecule has 11 nitrogen and oxygen atoms in total. The van der Waals surface area contributed by atoms with Crippen molar-refractivity contribution >= 4 is 27.1 Å². The van der Waals surface area contributed by atoms with Crippen LogP contribution in [0.5, 0.6) is 11.6 Å². The van der Waals surface area contributed by atoms with Gasteiger partial charge in [0.05, 0.1) is 37.1 Å². The van der Waals surface area contributed by atoms with E-state index in [1.54, 1.807) is 17.8 Å². The number of aromatic nitrogens is 3. The number of hydrogen-bond acceptors (Lipinski definition) is 8. The van der Waals surface area contributed by atoms with Crippen LogP contribution in [0.3, 0.4) is 0 Å². The molecule has 12 heteroatoms. The number of rotatable bonds is 7. The van der Waals surface area contributed by atoms with Gasteiger partial charge in [0, 0.05) is 56.2 Å². The maximum atomic E-state index is 11.9. The SMILES string of the molecule is COc1cc(-c2cn3ncc(C)c3c(OC(C)[C@H]3CNC(=O)C3)n2)ccc1N1CCN(S(C)(=O)=O)CC1. The van der Waals surface area contributed by atoms with Crippen molar-refractivity contribution in [1.29, 1.82) is 0 Å². The molecular formula is C25H32N6O5S. The number of sulfonamides is 1. The lowest BCUT2D eigenvalue weighted by Crippen LogP contribution is -2.48. The summed E-state index contributed by atoms with van der Waals surface area (Å²) in [6.45, 7) is 6.53. The van der Waals surface area contributed by atoms with Gasteiger partial charge in [0.1, 0.15) is 17.4 Å². The Hall–Kier alpha value is -3.38. The van der Waals surface area contributed by atoms with Crippen molar-refractivity contribution in [2.24, 2.45) is 5.92 Å². The molecule has 0 saturated carbocycles. The van der Waals surface area contributed by atoms with Gasteiger partial charge in [-0.25, -0.2) is 17.9 Å². The maximum Gasteiger partial charge on any atom is 0.241 e. The zero-order chi connectivity index (χ0) is 26.3. The highest BCUT2D eigenvalue weighted by Crippen LogP contribution is 2.35. The van der Waals surface area contributed by atoms with Crippen molar-refractivity contribution in [3.05, 3.63) is 36.2 Å². The van der Waals surface area contributed by atoms with Crippen LogP contribution in [0, 0.1) is 12.8 Å². The molecule has 1 amide bonds. The zero-order valence-corrected chi connectivity index (χ0v) is 22.3. The first-order valence-corrected chi connectivity index (χ1v) is 14.2. The average Bonchev–Trinajstić information content (AvgIpc) is 3.49. The molecule has 5 rings (SSSR count). The quantitative estimate of drug-likeness (QED) is 0.492. The van der Waals surface area contributed by atoms with Gasteiger partial charge in [-0.2, -0.15) is 9.40 Å². The summed E-state index contributed by atoms with van der Waals surface area (Å²) in [4.78, 5) is 18.7. The number of carbonyl (C=O) groups excluding carboxylic acids is 1. The Morgan fingerprint density at radius 1 is 1.19 bits per heavy atom. The zero-order valence-electron chi connectivity index (χ0n) is 21.5. The van der Waals surface area contributed by atoms with E-state index in [4.69, 9.17) is 14.5 Å². The molecule has 0 radical (unpaired) electrons. The van der Waals surface area contributed by atoms with E-state index in [9.17, 15) is 13.2 Å². The molecule has 2 aliphatic rings. The van der Waals surface area contributed by atoms with Crippen LogP contribution in [-0.4, -0.2) is 85.4 Å². The molecule has 2 aromatic heterocycles. The molecule has 2 saturated heterocycles. The molecule has 3 aromatic rings. The normalized spacial score (nSPS) is 19.7. The average molecular weight is 529 g/mol. The molecule has 0 aliphatic carbocycles. The number of methoxy groups -OCH3 is 1. The molecule has 198 valence electrons. The van der Waals surface area contributed by atoms with E-state index in [2.05, 4.69) is 15.3 Å². The van der Waals surface area contributed by atoms with Gasteiger partial charge < -0.3 is 19.7 Å². The molecule has 1 aromatic carbocycles. The Balaban J connectivity index is 1.44. The Morgan fingerprint density at radius 3 is 2.59 bits per heavy atom. The van der Waals surface area contributed by atoms with Crippen molar-refractivity contribution in [2.45, 2.75) is 26.4 Å². The highest BCUT2D eigenvalue weighted by atomic mass is 32.2. The van der Waals surface area contributed by atoms with E-state index in [1.165, 1.54) is 10.6 Å². The minimum Gasteiger partial charge on any atom is -0.495 e. The van der Waals surface area contributed by atoms with E-state index in [0.29, 0.717) is 56.5 Å². The van der Waals surface area contributed by atoms with Gasteiger partial charge >= 0.3 is 0 Å². The Morgan fingerprint density at radius 2 is 1.95 bits per heavy atom. The van der Waals surface area contributed by atoms with Gasteiger partial charge in [-0.05, 0) is 26.0 Å². The summed E-state index contributed by atoms with van der Waals surface area (Å²) in [5, 5.41) is 7.34. The minimum absolute atomic E-state index is 0.0396. The third kappa shape index (κ3) is 5.08. The molecule has 2 aliphatic heterocycles. The van der Waals surface area contributed by atoms with E-state index < -0.39 is 10.0 Å². The summed E-state index contributed by atoms with van der Waals surface area (Å²) < 4.78 is 39.0. The number of nitrogens with zero attached hydrogens (tertiary/aromatic N) is 5. The van der Waals surface area contributed by atoms with Crippen molar-refractivity contribution < 1.29 is 22.7 Å². The van der Waals surface area contributed by atoms with Gasteiger partial charge in [-0.15, -0.1) is 0 Å². The molecule has 2 fully saturated rings. The van der Waals surface area contributed by atoms with Gasteiger partial charge in [0.15, 0.2) is 0 Å². The first-order valence-electron chi connectivity index (χ1n) is 12.3. The Bertz CT molecular complexity index is 1430. The van der Waals surface area contributed by atoms with Gasteiger partial charge in [-0.3, -0.25) is 4.79 Å². The molecule has 4 heterocycles. The molecule has 1 N–H and O–H groups in total. The smallest absolute Gasteiger partial charge is 0.241 e. The molecule has 1 unspecified atom stereocenters. The van der Waals surface area contributed by atoms with Crippen LogP contribution in [-0.2, 0) is 14.8 Å². The predicted molar refractivity (Wildman–Crippen MR) is 140 cm³/mol. The summed E-state index contributed by atoms with van der Waals surface area (Å²) in [7, 11) is -1.58. The lowest BCUT2D eigenvalue weighted by Gasteiger charge is -2.35. The van der Waals surface area contributed by atoms with Crippen LogP contribution >= 0.6 is 0 Å². The van der Waals surface area contributed by atoms with Crippen molar-refractivity contribution in [3.8, 4) is 22.9 Å². The topological polar surface area (TPSA) is 118 Å². The molecule has 0 spiro atoms. The third-order valence-corrected chi connectivity index (χ3v) is 8.44. The summed E-state index contributed by atoms with van der Waals surface area (Å²) in [5.74, 6) is 1.26. The number of piperazine rings is 1. The van der Waals surface area contributed by atoms with E-state index in [-0.39, 0.29) is 17.9 Å². The monoisotopic (exact) mass is 528 g/mol. The number of fused-ring (bicyclic) bond motifs is 1. The minimum atomic E-state index is -3.20. The predicted octanol–water partition coefficient (Wildman–Crippen LogP) is 1.70. The Kier molecular flexibility index (Phi) is 6.71.